The highest BCUT2D eigenvalue weighted by atomic mass is 16.3. The van der Waals surface area contributed by atoms with Crippen LogP contribution < -0.4 is 0 Å². The van der Waals surface area contributed by atoms with Crippen molar-refractivity contribution < 1.29 is 4.42 Å². The Kier molecular flexibility index (Phi) is 8.79. The van der Waals surface area contributed by atoms with Gasteiger partial charge in [-0.05, 0) is 53.6 Å². The van der Waals surface area contributed by atoms with Gasteiger partial charge in [0.1, 0.15) is 11.2 Å². The third-order valence-electron chi connectivity index (χ3n) is 13.6. The maximum absolute atomic E-state index is 6.62. The van der Waals surface area contributed by atoms with Crippen molar-refractivity contribution in [1.29, 1.82) is 0 Å². The topological polar surface area (TPSA) is 61.7 Å². The molecule has 14 rings (SSSR count). The number of hydrogen-bond donors (Lipinski definition) is 0. The monoisotopic (exact) mass is 881 g/mol. The molecule has 69 heavy (non-hydrogen) atoms. The molecule has 0 unspecified atom stereocenters. The molecule has 0 aliphatic heterocycles. The fourth-order valence-electron chi connectivity index (χ4n) is 10.5. The molecule has 0 spiro atoms. The first-order chi connectivity index (χ1) is 34.2. The van der Waals surface area contributed by atoms with Gasteiger partial charge in [0.2, 0.25) is 0 Å². The Bertz CT molecular complexity index is 4240. The van der Waals surface area contributed by atoms with Gasteiger partial charge in [-0.15, -0.1) is 0 Å². The minimum absolute atomic E-state index is 0.610. The number of aromatic nitrogens is 5. The molecule has 0 atom stereocenters. The molecule has 6 heteroatoms. The van der Waals surface area contributed by atoms with Crippen LogP contribution in [0.3, 0.4) is 0 Å². The molecule has 0 aliphatic rings. The predicted octanol–water partition coefficient (Wildman–Crippen LogP) is 16.3. The van der Waals surface area contributed by atoms with E-state index in [4.69, 9.17) is 19.4 Å². The molecule has 0 saturated heterocycles. The number of benzene rings is 10. The second-order valence-electron chi connectivity index (χ2n) is 17.5. The van der Waals surface area contributed by atoms with Crippen LogP contribution in [-0.4, -0.2) is 24.1 Å². The molecule has 14 aromatic rings. The van der Waals surface area contributed by atoms with Crippen LogP contribution in [-0.2, 0) is 0 Å². The third-order valence-corrected chi connectivity index (χ3v) is 13.6. The highest BCUT2D eigenvalue weighted by Crippen LogP contribution is 2.45. The standard InChI is InChI=1S/C63H39N5O/c1-4-18-40(19-5-1)46-35-34-43(47-29-17-30-51-49-27-12-15-33-57(49)69-60(47)51)39-56(46)68-54-32-14-11-28-52(54)58-55(68)37-36-50-48-26-10-13-31-53(48)67(59(50)58)45-25-16-24-44(38-45)63-65-61(41-20-6-2-7-21-41)64-62(66-63)42-22-8-3-9-23-42/h1-39H. The van der Waals surface area contributed by atoms with Crippen molar-refractivity contribution in [1.82, 2.24) is 24.1 Å². The van der Waals surface area contributed by atoms with Gasteiger partial charge in [-0.2, -0.15) is 0 Å². The average Bonchev–Trinajstić information content (AvgIpc) is 4.09. The van der Waals surface area contributed by atoms with Gasteiger partial charge in [0.25, 0.3) is 0 Å². The van der Waals surface area contributed by atoms with Crippen molar-refractivity contribution in [2.45, 2.75) is 0 Å². The van der Waals surface area contributed by atoms with Crippen molar-refractivity contribution in [2.75, 3.05) is 0 Å². The van der Waals surface area contributed by atoms with E-state index in [0.29, 0.717) is 17.5 Å². The van der Waals surface area contributed by atoms with Gasteiger partial charge in [-0.25, -0.2) is 15.0 Å². The summed E-state index contributed by atoms with van der Waals surface area (Å²) in [6.45, 7) is 0. The fourth-order valence-corrected chi connectivity index (χ4v) is 10.5. The van der Waals surface area contributed by atoms with Crippen molar-refractivity contribution >= 4 is 65.6 Å². The van der Waals surface area contributed by atoms with Crippen LogP contribution in [0.25, 0.3) is 133 Å². The number of nitrogens with zero attached hydrogens (tertiary/aromatic N) is 5. The second kappa shape index (κ2) is 15.6. The lowest BCUT2D eigenvalue weighted by molar-refractivity contribution is 0.670. The molecule has 0 radical (unpaired) electrons. The van der Waals surface area contributed by atoms with Gasteiger partial charge in [0.05, 0.1) is 27.8 Å². The van der Waals surface area contributed by atoms with Gasteiger partial charge in [0, 0.05) is 65.8 Å². The largest absolute Gasteiger partial charge is 0.455 e. The van der Waals surface area contributed by atoms with E-state index in [1.165, 1.54) is 21.5 Å². The third kappa shape index (κ3) is 6.23. The highest BCUT2D eigenvalue weighted by Gasteiger charge is 2.24. The second-order valence-corrected chi connectivity index (χ2v) is 17.5. The molecule has 0 fully saturated rings. The van der Waals surface area contributed by atoms with Crippen molar-refractivity contribution in [3.05, 3.63) is 237 Å². The average molecular weight is 882 g/mol. The van der Waals surface area contributed by atoms with Crippen LogP contribution >= 0.6 is 0 Å². The first kappa shape index (κ1) is 38.8. The van der Waals surface area contributed by atoms with Crippen LogP contribution in [0.1, 0.15) is 0 Å². The van der Waals surface area contributed by atoms with Crippen LogP contribution in [0.4, 0.5) is 0 Å². The maximum atomic E-state index is 6.62. The molecule has 0 aliphatic carbocycles. The van der Waals surface area contributed by atoms with Crippen LogP contribution in [0.2, 0.25) is 0 Å². The van der Waals surface area contributed by atoms with E-state index >= 15 is 0 Å². The smallest absolute Gasteiger partial charge is 0.164 e. The van der Waals surface area contributed by atoms with Crippen LogP contribution in [0.5, 0.6) is 0 Å². The quantitative estimate of drug-likeness (QED) is 0.160. The summed E-state index contributed by atoms with van der Waals surface area (Å²) in [7, 11) is 0. The normalized spacial score (nSPS) is 11.8. The Balaban J connectivity index is 1.03. The SMILES string of the molecule is c1ccc(-c2nc(-c3ccccc3)nc(-c3cccc(-n4c5ccccc5c5ccc6c(c7ccccc7n6-c6cc(-c7cccc8c7oc7ccccc78)ccc6-c6ccccc6)c54)c3)n2)cc1. The molecule has 322 valence electrons. The molecule has 4 heterocycles. The van der Waals surface area contributed by atoms with E-state index in [9.17, 15) is 0 Å². The molecule has 10 aromatic carbocycles. The summed E-state index contributed by atoms with van der Waals surface area (Å²) < 4.78 is 11.5. The molecular formula is C63H39N5O. The molecule has 0 amide bonds. The summed E-state index contributed by atoms with van der Waals surface area (Å²) in [6, 6.07) is 83.4. The van der Waals surface area contributed by atoms with E-state index < -0.39 is 0 Å². The fraction of sp³-hybridized carbons (Fsp3) is 0. The lowest BCUT2D eigenvalue weighted by Crippen LogP contribution is -2.01. The Labute approximate surface area is 396 Å². The Morgan fingerprint density at radius 3 is 1.61 bits per heavy atom. The molecule has 6 nitrogen and oxygen atoms in total. The van der Waals surface area contributed by atoms with Crippen molar-refractivity contribution in [2.24, 2.45) is 0 Å². The van der Waals surface area contributed by atoms with Gasteiger partial charge in [-0.3, -0.25) is 0 Å². The highest BCUT2D eigenvalue weighted by molar-refractivity contribution is 6.26. The number of para-hydroxylation sites is 4. The first-order valence-electron chi connectivity index (χ1n) is 23.3. The number of fused-ring (bicyclic) bond motifs is 10. The minimum Gasteiger partial charge on any atom is -0.455 e. The van der Waals surface area contributed by atoms with Crippen LogP contribution in [0, 0.1) is 0 Å². The van der Waals surface area contributed by atoms with Crippen molar-refractivity contribution in [3.8, 4) is 67.8 Å². The van der Waals surface area contributed by atoms with Crippen molar-refractivity contribution in [3.63, 3.8) is 0 Å². The molecule has 4 aromatic heterocycles. The number of hydrogen-bond acceptors (Lipinski definition) is 4. The molecular weight excluding hydrogens is 843 g/mol. The maximum Gasteiger partial charge on any atom is 0.164 e. The Morgan fingerprint density at radius 2 is 0.884 bits per heavy atom. The summed E-state index contributed by atoms with van der Waals surface area (Å²) in [5, 5.41) is 6.92. The van der Waals surface area contributed by atoms with E-state index in [1.54, 1.807) is 0 Å². The molecule has 0 bridgehead atoms. The summed E-state index contributed by atoms with van der Waals surface area (Å²) in [6.07, 6.45) is 0. The Morgan fingerprint density at radius 1 is 0.319 bits per heavy atom. The Hall–Kier alpha value is -9.39. The lowest BCUT2D eigenvalue weighted by atomic mass is 9.96. The molecule has 0 saturated carbocycles. The van der Waals surface area contributed by atoms with Crippen LogP contribution in [0.15, 0.2) is 241 Å². The first-order valence-corrected chi connectivity index (χ1v) is 23.3. The van der Waals surface area contributed by atoms with E-state index in [-0.39, 0.29) is 0 Å². The number of rotatable bonds is 7. The zero-order chi connectivity index (χ0) is 45.4. The molecule has 0 N–H and O–H groups in total. The zero-order valence-corrected chi connectivity index (χ0v) is 37.2. The number of furan rings is 1. The van der Waals surface area contributed by atoms with Gasteiger partial charge < -0.3 is 13.6 Å². The van der Waals surface area contributed by atoms with E-state index in [2.05, 4.69) is 173 Å². The van der Waals surface area contributed by atoms with E-state index in [0.717, 1.165) is 94.3 Å². The summed E-state index contributed by atoms with van der Waals surface area (Å²) >= 11 is 0. The minimum atomic E-state index is 0.610. The van der Waals surface area contributed by atoms with E-state index in [1.807, 2.05) is 72.8 Å². The van der Waals surface area contributed by atoms with Gasteiger partial charge in [-0.1, -0.05) is 194 Å². The lowest BCUT2D eigenvalue weighted by Gasteiger charge is -2.16. The van der Waals surface area contributed by atoms with Gasteiger partial charge >= 0.3 is 0 Å². The predicted molar refractivity (Wildman–Crippen MR) is 283 cm³/mol. The van der Waals surface area contributed by atoms with Gasteiger partial charge in [0.15, 0.2) is 17.5 Å². The summed E-state index contributed by atoms with van der Waals surface area (Å²) in [4.78, 5) is 15.2. The summed E-state index contributed by atoms with van der Waals surface area (Å²) in [5.74, 6) is 1.87. The summed E-state index contributed by atoms with van der Waals surface area (Å²) in [5.41, 5.74) is 15.5. The zero-order valence-electron chi connectivity index (χ0n) is 37.2.